The van der Waals surface area contributed by atoms with Crippen LogP contribution in [0.2, 0.25) is 10.0 Å². The van der Waals surface area contributed by atoms with Gasteiger partial charge >= 0.3 is 5.97 Å². The van der Waals surface area contributed by atoms with Gasteiger partial charge in [0.05, 0.1) is 22.7 Å². The van der Waals surface area contributed by atoms with E-state index in [1.807, 2.05) is 0 Å². The van der Waals surface area contributed by atoms with Crippen LogP contribution in [0.4, 0.5) is 0 Å². The summed E-state index contributed by atoms with van der Waals surface area (Å²) in [4.78, 5) is 12.0. The molecule has 0 atom stereocenters. The van der Waals surface area contributed by atoms with E-state index in [1.165, 1.54) is 19.2 Å². The van der Waals surface area contributed by atoms with Crippen LogP contribution < -0.4 is 9.47 Å². The van der Waals surface area contributed by atoms with Gasteiger partial charge in [-0.1, -0.05) is 39.1 Å². The first-order valence-corrected chi connectivity index (χ1v) is 7.07. The normalized spacial score (nSPS) is 10.2. The maximum Gasteiger partial charge on any atom is 0.343 e. The average molecular weight is 376 g/mol. The third-order valence-electron chi connectivity index (χ3n) is 2.46. The molecule has 0 fully saturated rings. The van der Waals surface area contributed by atoms with Gasteiger partial charge in [0.1, 0.15) is 5.75 Å². The summed E-state index contributed by atoms with van der Waals surface area (Å²) >= 11 is 15.3. The summed E-state index contributed by atoms with van der Waals surface area (Å²) in [5, 5.41) is 0.505. The van der Waals surface area contributed by atoms with E-state index in [9.17, 15) is 4.79 Å². The van der Waals surface area contributed by atoms with Crippen LogP contribution in [0.25, 0.3) is 0 Å². The summed E-state index contributed by atoms with van der Waals surface area (Å²) in [7, 11) is 1.45. The quantitative estimate of drug-likeness (QED) is 0.560. The maximum absolute atomic E-state index is 12.0. The number of ether oxygens (including phenoxy) is 2. The van der Waals surface area contributed by atoms with Gasteiger partial charge in [-0.05, 0) is 36.4 Å². The van der Waals surface area contributed by atoms with Crippen molar-refractivity contribution in [3.05, 3.63) is 56.5 Å². The summed E-state index contributed by atoms with van der Waals surface area (Å²) in [6.45, 7) is 0. The van der Waals surface area contributed by atoms with E-state index < -0.39 is 5.97 Å². The topological polar surface area (TPSA) is 35.5 Å². The Bertz CT molecular complexity index is 618. The van der Waals surface area contributed by atoms with Crippen molar-refractivity contribution in [1.29, 1.82) is 0 Å². The molecular formula is C14H9BrCl2O3. The Morgan fingerprint density at radius 3 is 2.15 bits per heavy atom. The first kappa shape index (κ1) is 15.2. The molecule has 2 rings (SSSR count). The molecule has 0 aromatic heterocycles. The first-order valence-electron chi connectivity index (χ1n) is 5.52. The summed E-state index contributed by atoms with van der Waals surface area (Å²) < 4.78 is 11.1. The number of esters is 1. The monoisotopic (exact) mass is 374 g/mol. The molecule has 0 heterocycles. The Hall–Kier alpha value is -1.23. The molecule has 0 amide bonds. The molecule has 20 heavy (non-hydrogen) atoms. The minimum absolute atomic E-state index is 0.253. The number of carbonyl (C=O) groups is 1. The lowest BCUT2D eigenvalue weighted by molar-refractivity contribution is 0.0734. The Morgan fingerprint density at radius 2 is 1.65 bits per heavy atom. The largest absolute Gasteiger partial charge is 0.494 e. The molecule has 0 N–H and O–H groups in total. The van der Waals surface area contributed by atoms with Gasteiger partial charge in [-0.25, -0.2) is 4.79 Å². The van der Waals surface area contributed by atoms with Crippen LogP contribution in [0, 0.1) is 0 Å². The Balaban J connectivity index is 2.23. The third-order valence-corrected chi connectivity index (χ3v) is 3.55. The lowest BCUT2D eigenvalue weighted by atomic mass is 10.2. The number of carbonyl (C=O) groups excluding carboxylic acids is 1. The van der Waals surface area contributed by atoms with Crippen molar-refractivity contribution in [2.75, 3.05) is 7.11 Å². The molecule has 2 aromatic rings. The van der Waals surface area contributed by atoms with Crippen LogP contribution in [0.5, 0.6) is 11.5 Å². The van der Waals surface area contributed by atoms with Crippen LogP contribution in [-0.4, -0.2) is 13.1 Å². The third kappa shape index (κ3) is 3.45. The number of benzene rings is 2. The van der Waals surface area contributed by atoms with E-state index in [1.54, 1.807) is 24.3 Å². The molecule has 0 aliphatic heterocycles. The van der Waals surface area contributed by atoms with Crippen molar-refractivity contribution >= 4 is 45.1 Å². The van der Waals surface area contributed by atoms with E-state index >= 15 is 0 Å². The summed E-state index contributed by atoms with van der Waals surface area (Å²) in [5.41, 5.74) is 0.253. The van der Waals surface area contributed by atoms with Gasteiger partial charge in [0.25, 0.3) is 0 Å². The fourth-order valence-corrected chi connectivity index (χ4v) is 2.45. The Morgan fingerprint density at radius 1 is 1.10 bits per heavy atom. The lowest BCUT2D eigenvalue weighted by Gasteiger charge is -2.09. The van der Waals surface area contributed by atoms with Gasteiger partial charge in [0.15, 0.2) is 5.75 Å². The van der Waals surface area contributed by atoms with E-state index in [2.05, 4.69) is 15.9 Å². The highest BCUT2D eigenvalue weighted by Gasteiger charge is 2.15. The zero-order valence-electron chi connectivity index (χ0n) is 10.3. The molecule has 0 saturated heterocycles. The number of rotatable bonds is 3. The van der Waals surface area contributed by atoms with Crippen LogP contribution >= 0.6 is 39.1 Å². The van der Waals surface area contributed by atoms with E-state index in [0.717, 1.165) is 4.47 Å². The zero-order valence-corrected chi connectivity index (χ0v) is 13.4. The van der Waals surface area contributed by atoms with Crippen molar-refractivity contribution < 1.29 is 14.3 Å². The van der Waals surface area contributed by atoms with Gasteiger partial charge < -0.3 is 9.47 Å². The molecule has 0 unspecified atom stereocenters. The number of methoxy groups -OCH3 is 1. The molecule has 6 heteroatoms. The molecule has 104 valence electrons. The molecule has 2 aromatic carbocycles. The highest BCUT2D eigenvalue weighted by atomic mass is 79.9. The second-order valence-corrected chi connectivity index (χ2v) is 5.55. The predicted octanol–water partition coefficient (Wildman–Crippen LogP) is 4.98. The Labute approximate surface area is 134 Å². The van der Waals surface area contributed by atoms with Crippen LogP contribution in [-0.2, 0) is 0 Å². The fourth-order valence-electron chi connectivity index (χ4n) is 1.54. The molecule has 3 nitrogen and oxygen atoms in total. The van der Waals surface area contributed by atoms with Gasteiger partial charge in [0.2, 0.25) is 0 Å². The van der Waals surface area contributed by atoms with Gasteiger partial charge in [-0.2, -0.15) is 0 Å². The van der Waals surface area contributed by atoms with E-state index in [-0.39, 0.29) is 15.6 Å². The highest BCUT2D eigenvalue weighted by Crippen LogP contribution is 2.34. The molecule has 0 saturated carbocycles. The van der Waals surface area contributed by atoms with Gasteiger partial charge in [-0.3, -0.25) is 0 Å². The van der Waals surface area contributed by atoms with Gasteiger partial charge in [0, 0.05) is 4.47 Å². The van der Waals surface area contributed by atoms with Crippen LogP contribution in [0.3, 0.4) is 0 Å². The van der Waals surface area contributed by atoms with E-state index in [4.69, 9.17) is 32.7 Å². The first-order chi connectivity index (χ1) is 9.51. The molecule has 0 spiro atoms. The summed E-state index contributed by atoms with van der Waals surface area (Å²) in [6.07, 6.45) is 0. The number of hydrogen-bond donors (Lipinski definition) is 0. The lowest BCUT2D eigenvalue weighted by Crippen LogP contribution is -2.08. The highest BCUT2D eigenvalue weighted by molar-refractivity contribution is 9.10. The van der Waals surface area contributed by atoms with Crippen LogP contribution in [0.15, 0.2) is 40.9 Å². The molecule has 0 radical (unpaired) electrons. The minimum atomic E-state index is -0.543. The number of hydrogen-bond acceptors (Lipinski definition) is 3. The van der Waals surface area contributed by atoms with Crippen molar-refractivity contribution in [1.82, 2.24) is 0 Å². The summed E-state index contributed by atoms with van der Waals surface area (Å²) in [6, 6.07) is 9.80. The zero-order chi connectivity index (χ0) is 14.7. The SMILES string of the molecule is COc1c(Cl)cc(C(=O)Oc2ccc(Br)cc2)cc1Cl. The second kappa shape index (κ2) is 6.48. The minimum Gasteiger partial charge on any atom is -0.494 e. The second-order valence-electron chi connectivity index (χ2n) is 3.82. The maximum atomic E-state index is 12.0. The van der Waals surface area contributed by atoms with Crippen LogP contribution in [0.1, 0.15) is 10.4 Å². The molecular weight excluding hydrogens is 367 g/mol. The Kier molecular flexibility index (Phi) is 4.91. The molecule has 0 aliphatic carbocycles. The fraction of sp³-hybridized carbons (Fsp3) is 0.0714. The van der Waals surface area contributed by atoms with Crippen molar-refractivity contribution in [2.45, 2.75) is 0 Å². The standard InChI is InChI=1S/C14H9BrCl2O3/c1-19-13-11(16)6-8(7-12(13)17)14(18)20-10-4-2-9(15)3-5-10/h2-7H,1H3. The number of halogens is 3. The smallest absolute Gasteiger partial charge is 0.343 e. The van der Waals surface area contributed by atoms with Crippen molar-refractivity contribution in [2.24, 2.45) is 0 Å². The van der Waals surface area contributed by atoms with Gasteiger partial charge in [-0.15, -0.1) is 0 Å². The van der Waals surface area contributed by atoms with Crippen molar-refractivity contribution in [3.8, 4) is 11.5 Å². The summed E-state index contributed by atoms with van der Waals surface area (Å²) in [5.74, 6) is 0.216. The molecule has 0 bridgehead atoms. The average Bonchev–Trinajstić information content (AvgIpc) is 2.41. The molecule has 0 aliphatic rings. The predicted molar refractivity (Wildman–Crippen MR) is 82.1 cm³/mol. The van der Waals surface area contributed by atoms with E-state index in [0.29, 0.717) is 11.5 Å². The van der Waals surface area contributed by atoms with Crippen molar-refractivity contribution in [3.63, 3.8) is 0 Å².